The molecule has 0 aliphatic carbocycles. The van der Waals surface area contributed by atoms with Gasteiger partial charge in [0.15, 0.2) is 0 Å². The minimum Gasteiger partial charge on any atom is -0.381 e. The quantitative estimate of drug-likeness (QED) is 0.671. The summed E-state index contributed by atoms with van der Waals surface area (Å²) >= 11 is 0. The van der Waals surface area contributed by atoms with E-state index in [4.69, 9.17) is 4.74 Å². The zero-order valence-corrected chi connectivity index (χ0v) is 14.5. The third-order valence-electron chi connectivity index (χ3n) is 5.53. The first kappa shape index (κ1) is 17.2. The molecule has 2 saturated heterocycles. The van der Waals surface area contributed by atoms with Crippen LogP contribution in [0.5, 0.6) is 0 Å². The molecule has 0 aromatic carbocycles. The van der Waals surface area contributed by atoms with Gasteiger partial charge in [0.2, 0.25) is 0 Å². The SMILES string of the molecule is CC(C)C1CCN(CCCOCC2CCN(C)CC2)CC1. The van der Waals surface area contributed by atoms with Crippen LogP contribution in [0.3, 0.4) is 0 Å². The molecule has 0 amide bonds. The minimum absolute atomic E-state index is 0.808. The number of hydrogen-bond donors (Lipinski definition) is 0. The van der Waals surface area contributed by atoms with Crippen LogP contribution in [-0.2, 0) is 4.74 Å². The summed E-state index contributed by atoms with van der Waals surface area (Å²) in [5.41, 5.74) is 0. The van der Waals surface area contributed by atoms with Gasteiger partial charge in [0, 0.05) is 19.8 Å². The lowest BCUT2D eigenvalue weighted by molar-refractivity contribution is 0.0627. The van der Waals surface area contributed by atoms with E-state index >= 15 is 0 Å². The topological polar surface area (TPSA) is 15.7 Å². The maximum Gasteiger partial charge on any atom is 0.0495 e. The van der Waals surface area contributed by atoms with Gasteiger partial charge in [-0.1, -0.05) is 13.8 Å². The predicted molar refractivity (Wildman–Crippen MR) is 89.7 cm³/mol. The first-order valence-electron chi connectivity index (χ1n) is 9.13. The van der Waals surface area contributed by atoms with Crippen molar-refractivity contribution in [1.82, 2.24) is 9.80 Å². The lowest BCUT2D eigenvalue weighted by Gasteiger charge is -2.33. The number of nitrogens with zero attached hydrogens (tertiary/aromatic N) is 2. The molecule has 21 heavy (non-hydrogen) atoms. The van der Waals surface area contributed by atoms with Crippen molar-refractivity contribution < 1.29 is 4.74 Å². The van der Waals surface area contributed by atoms with E-state index in [2.05, 4.69) is 30.7 Å². The molecule has 3 heteroatoms. The Hall–Kier alpha value is -0.120. The fraction of sp³-hybridized carbons (Fsp3) is 1.00. The Morgan fingerprint density at radius 2 is 1.67 bits per heavy atom. The lowest BCUT2D eigenvalue weighted by atomic mass is 9.87. The molecule has 2 aliphatic heterocycles. The highest BCUT2D eigenvalue weighted by atomic mass is 16.5. The van der Waals surface area contributed by atoms with Crippen molar-refractivity contribution in [3.8, 4) is 0 Å². The van der Waals surface area contributed by atoms with Gasteiger partial charge in [0.05, 0.1) is 0 Å². The fourth-order valence-corrected chi connectivity index (χ4v) is 3.71. The van der Waals surface area contributed by atoms with Gasteiger partial charge in [-0.25, -0.2) is 0 Å². The summed E-state index contributed by atoms with van der Waals surface area (Å²) in [4.78, 5) is 5.06. The molecule has 0 N–H and O–H groups in total. The molecule has 2 heterocycles. The first-order valence-corrected chi connectivity index (χ1v) is 9.13. The second-order valence-electron chi connectivity index (χ2n) is 7.60. The van der Waals surface area contributed by atoms with Gasteiger partial charge in [-0.3, -0.25) is 0 Å². The van der Waals surface area contributed by atoms with Crippen molar-refractivity contribution in [2.45, 2.75) is 46.0 Å². The molecule has 2 fully saturated rings. The smallest absolute Gasteiger partial charge is 0.0495 e. The molecule has 0 atom stereocenters. The van der Waals surface area contributed by atoms with Gasteiger partial charge in [-0.2, -0.15) is 0 Å². The number of rotatable bonds is 7. The summed E-state index contributed by atoms with van der Waals surface area (Å²) in [6.45, 7) is 13.0. The van der Waals surface area contributed by atoms with Crippen LogP contribution in [0.25, 0.3) is 0 Å². The molecule has 2 aliphatic rings. The average Bonchev–Trinajstić information content (AvgIpc) is 2.49. The van der Waals surface area contributed by atoms with Crippen LogP contribution in [0.15, 0.2) is 0 Å². The van der Waals surface area contributed by atoms with Crippen molar-refractivity contribution in [3.05, 3.63) is 0 Å². The lowest BCUT2D eigenvalue weighted by Crippen LogP contribution is -2.36. The van der Waals surface area contributed by atoms with Crippen LogP contribution in [0.2, 0.25) is 0 Å². The minimum atomic E-state index is 0.808. The Balaban J connectivity index is 1.45. The number of ether oxygens (including phenoxy) is 1. The highest BCUT2D eigenvalue weighted by Gasteiger charge is 2.21. The maximum atomic E-state index is 5.91. The van der Waals surface area contributed by atoms with Crippen LogP contribution in [0.1, 0.15) is 46.0 Å². The summed E-state index contributed by atoms with van der Waals surface area (Å²) in [6, 6.07) is 0. The molecule has 0 aromatic heterocycles. The molecule has 124 valence electrons. The van der Waals surface area contributed by atoms with Gasteiger partial charge in [-0.05, 0) is 83.1 Å². The molecule has 0 unspecified atom stereocenters. The zero-order chi connectivity index (χ0) is 15.1. The molecular weight excluding hydrogens is 260 g/mol. The van der Waals surface area contributed by atoms with Crippen LogP contribution in [0, 0.1) is 17.8 Å². The van der Waals surface area contributed by atoms with E-state index in [1.807, 2.05) is 0 Å². The molecule has 0 radical (unpaired) electrons. The van der Waals surface area contributed by atoms with Crippen molar-refractivity contribution in [1.29, 1.82) is 0 Å². The largest absolute Gasteiger partial charge is 0.381 e. The predicted octanol–water partition coefficient (Wildman–Crippen LogP) is 3.10. The highest BCUT2D eigenvalue weighted by Crippen LogP contribution is 2.24. The molecule has 3 nitrogen and oxygen atoms in total. The van der Waals surface area contributed by atoms with E-state index in [1.165, 1.54) is 64.8 Å². The standard InChI is InChI=1S/C18H36N2O/c1-16(2)18-7-12-20(13-8-18)9-4-14-21-15-17-5-10-19(3)11-6-17/h16-18H,4-15H2,1-3H3. The van der Waals surface area contributed by atoms with Gasteiger partial charge in [-0.15, -0.1) is 0 Å². The van der Waals surface area contributed by atoms with Crippen LogP contribution < -0.4 is 0 Å². The van der Waals surface area contributed by atoms with Crippen molar-refractivity contribution >= 4 is 0 Å². The van der Waals surface area contributed by atoms with Crippen LogP contribution >= 0.6 is 0 Å². The van der Waals surface area contributed by atoms with E-state index in [1.54, 1.807) is 0 Å². The Bertz CT molecular complexity index is 266. The summed E-state index contributed by atoms with van der Waals surface area (Å²) in [7, 11) is 2.22. The summed E-state index contributed by atoms with van der Waals surface area (Å²) in [5, 5.41) is 0. The maximum absolute atomic E-state index is 5.91. The van der Waals surface area contributed by atoms with E-state index in [0.29, 0.717) is 0 Å². The molecule has 0 spiro atoms. The normalized spacial score (nSPS) is 24.0. The Kier molecular flexibility index (Phi) is 7.48. The number of hydrogen-bond acceptors (Lipinski definition) is 3. The van der Waals surface area contributed by atoms with E-state index < -0.39 is 0 Å². The Morgan fingerprint density at radius 1 is 1.00 bits per heavy atom. The summed E-state index contributed by atoms with van der Waals surface area (Å²) in [6.07, 6.45) is 6.64. The van der Waals surface area contributed by atoms with Crippen LogP contribution in [-0.4, -0.2) is 62.8 Å². The van der Waals surface area contributed by atoms with Crippen molar-refractivity contribution in [2.24, 2.45) is 17.8 Å². The van der Waals surface area contributed by atoms with Gasteiger partial charge < -0.3 is 14.5 Å². The fourth-order valence-electron chi connectivity index (χ4n) is 3.71. The molecular formula is C18H36N2O. The van der Waals surface area contributed by atoms with Gasteiger partial charge in [0.1, 0.15) is 0 Å². The highest BCUT2D eigenvalue weighted by molar-refractivity contribution is 4.74. The number of likely N-dealkylation sites (tertiary alicyclic amines) is 2. The zero-order valence-electron chi connectivity index (χ0n) is 14.5. The van der Waals surface area contributed by atoms with E-state index in [9.17, 15) is 0 Å². The third kappa shape index (κ3) is 6.25. The summed E-state index contributed by atoms with van der Waals surface area (Å²) < 4.78 is 5.91. The van der Waals surface area contributed by atoms with E-state index in [-0.39, 0.29) is 0 Å². The summed E-state index contributed by atoms with van der Waals surface area (Å²) in [5.74, 6) is 2.63. The Labute approximate surface area is 132 Å². The molecule has 0 aromatic rings. The second-order valence-corrected chi connectivity index (χ2v) is 7.60. The van der Waals surface area contributed by atoms with E-state index in [0.717, 1.165) is 31.0 Å². The van der Waals surface area contributed by atoms with Crippen molar-refractivity contribution in [3.63, 3.8) is 0 Å². The van der Waals surface area contributed by atoms with Gasteiger partial charge in [0.25, 0.3) is 0 Å². The Morgan fingerprint density at radius 3 is 2.29 bits per heavy atom. The molecule has 2 rings (SSSR count). The molecule has 0 bridgehead atoms. The average molecular weight is 296 g/mol. The number of piperidine rings is 2. The first-order chi connectivity index (χ1) is 10.1. The van der Waals surface area contributed by atoms with Crippen molar-refractivity contribution in [2.75, 3.05) is 53.0 Å². The second kappa shape index (κ2) is 9.12. The van der Waals surface area contributed by atoms with Gasteiger partial charge >= 0.3 is 0 Å². The molecule has 0 saturated carbocycles. The third-order valence-corrected chi connectivity index (χ3v) is 5.53. The van der Waals surface area contributed by atoms with Crippen LogP contribution in [0.4, 0.5) is 0 Å². The monoisotopic (exact) mass is 296 g/mol.